The molecule has 2 amide bonds. The van der Waals surface area contributed by atoms with Gasteiger partial charge in [-0.1, -0.05) is 43.2 Å². The monoisotopic (exact) mass is 372 g/mol. The van der Waals surface area contributed by atoms with Crippen LogP contribution in [0.15, 0.2) is 30.3 Å². The van der Waals surface area contributed by atoms with Crippen molar-refractivity contribution in [3.8, 4) is 0 Å². The third kappa shape index (κ3) is 4.89. The normalized spacial score (nSPS) is 29.1. The molecule has 1 aromatic carbocycles. The van der Waals surface area contributed by atoms with Gasteiger partial charge in [0.1, 0.15) is 0 Å². The number of amides is 2. The van der Waals surface area contributed by atoms with Crippen molar-refractivity contribution in [1.29, 1.82) is 0 Å². The van der Waals surface area contributed by atoms with Gasteiger partial charge in [0.15, 0.2) is 0 Å². The summed E-state index contributed by atoms with van der Waals surface area (Å²) < 4.78 is 0. The highest BCUT2D eigenvalue weighted by Gasteiger charge is 2.38. The Morgan fingerprint density at radius 2 is 1.74 bits per heavy atom. The van der Waals surface area contributed by atoms with Gasteiger partial charge in [-0.05, 0) is 44.1 Å². The van der Waals surface area contributed by atoms with Gasteiger partial charge in [0.05, 0.1) is 12.1 Å². The van der Waals surface area contributed by atoms with E-state index < -0.39 is 6.10 Å². The van der Waals surface area contributed by atoms with Crippen molar-refractivity contribution in [3.05, 3.63) is 35.9 Å². The van der Waals surface area contributed by atoms with Crippen molar-refractivity contribution in [2.75, 3.05) is 6.54 Å². The maximum absolute atomic E-state index is 12.6. The van der Waals surface area contributed by atoms with Gasteiger partial charge in [0, 0.05) is 24.8 Å². The Morgan fingerprint density at radius 1 is 1.07 bits per heavy atom. The maximum Gasteiger partial charge on any atom is 0.223 e. The van der Waals surface area contributed by atoms with Gasteiger partial charge in [0.2, 0.25) is 11.8 Å². The summed E-state index contributed by atoms with van der Waals surface area (Å²) in [5.74, 6) is 0.216. The highest BCUT2D eigenvalue weighted by Crippen LogP contribution is 2.38. The van der Waals surface area contributed by atoms with E-state index >= 15 is 0 Å². The van der Waals surface area contributed by atoms with E-state index in [9.17, 15) is 14.7 Å². The summed E-state index contributed by atoms with van der Waals surface area (Å²) in [5, 5.41) is 16.6. The van der Waals surface area contributed by atoms with Gasteiger partial charge in [-0.25, -0.2) is 0 Å². The third-order valence-electron chi connectivity index (χ3n) is 6.42. The number of nitrogens with one attached hydrogen (secondary N) is 2. The Labute approximate surface area is 161 Å². The molecule has 0 heterocycles. The third-order valence-corrected chi connectivity index (χ3v) is 6.42. The van der Waals surface area contributed by atoms with Crippen LogP contribution in [0, 0.1) is 5.92 Å². The maximum atomic E-state index is 12.6. The van der Waals surface area contributed by atoms with Gasteiger partial charge < -0.3 is 15.7 Å². The fourth-order valence-electron chi connectivity index (χ4n) is 4.75. The highest BCUT2D eigenvalue weighted by atomic mass is 16.3. The van der Waals surface area contributed by atoms with Gasteiger partial charge >= 0.3 is 0 Å². The van der Waals surface area contributed by atoms with E-state index in [2.05, 4.69) is 22.8 Å². The van der Waals surface area contributed by atoms with Gasteiger partial charge in [-0.15, -0.1) is 0 Å². The van der Waals surface area contributed by atoms with Crippen LogP contribution in [0.5, 0.6) is 0 Å². The molecular weight excluding hydrogens is 340 g/mol. The summed E-state index contributed by atoms with van der Waals surface area (Å²) in [7, 11) is 0. The smallest absolute Gasteiger partial charge is 0.223 e. The SMILES string of the molecule is CC(=O)N[C@H]1CC[C@](CNC(=O)C2CCCC2)(c2ccccc2)CC[C@@H]1O. The first-order valence-electron chi connectivity index (χ1n) is 10.3. The Morgan fingerprint density at radius 3 is 2.41 bits per heavy atom. The number of benzene rings is 1. The number of hydrogen-bond acceptors (Lipinski definition) is 3. The largest absolute Gasteiger partial charge is 0.391 e. The van der Waals surface area contributed by atoms with E-state index in [1.165, 1.54) is 12.5 Å². The summed E-state index contributed by atoms with van der Waals surface area (Å²) in [6, 6.07) is 10.1. The molecule has 0 spiro atoms. The molecule has 0 radical (unpaired) electrons. The molecule has 0 saturated heterocycles. The number of carbonyl (C=O) groups is 2. The average Bonchev–Trinajstić information content (AvgIpc) is 3.16. The number of carbonyl (C=O) groups excluding carboxylic acids is 2. The first kappa shape index (κ1) is 19.9. The second-order valence-electron chi connectivity index (χ2n) is 8.30. The molecule has 0 aliphatic heterocycles. The molecule has 2 aliphatic rings. The molecular formula is C22H32N2O3. The second-order valence-corrected chi connectivity index (χ2v) is 8.30. The molecule has 5 heteroatoms. The Balaban J connectivity index is 1.76. The quantitative estimate of drug-likeness (QED) is 0.696. The van der Waals surface area contributed by atoms with E-state index in [1.54, 1.807) is 0 Å². The predicted molar refractivity (Wildman–Crippen MR) is 105 cm³/mol. The molecule has 148 valence electrons. The van der Waals surface area contributed by atoms with E-state index in [1.807, 2.05) is 18.2 Å². The van der Waals surface area contributed by atoms with Crippen LogP contribution in [0.4, 0.5) is 0 Å². The van der Waals surface area contributed by atoms with Crippen molar-refractivity contribution < 1.29 is 14.7 Å². The molecule has 0 bridgehead atoms. The molecule has 3 N–H and O–H groups in total. The molecule has 3 atom stereocenters. The van der Waals surface area contributed by atoms with Crippen molar-refractivity contribution in [3.63, 3.8) is 0 Å². The minimum absolute atomic E-state index is 0.110. The van der Waals surface area contributed by atoms with Crippen molar-refractivity contribution >= 4 is 11.8 Å². The number of aliphatic hydroxyl groups excluding tert-OH is 1. The van der Waals surface area contributed by atoms with E-state index in [4.69, 9.17) is 0 Å². The zero-order valence-electron chi connectivity index (χ0n) is 16.2. The summed E-state index contributed by atoms with van der Waals surface area (Å²) in [6.07, 6.45) is 6.65. The highest BCUT2D eigenvalue weighted by molar-refractivity contribution is 5.79. The van der Waals surface area contributed by atoms with Crippen LogP contribution >= 0.6 is 0 Å². The van der Waals surface area contributed by atoms with Crippen LogP contribution in [0.2, 0.25) is 0 Å². The molecule has 1 aromatic rings. The Kier molecular flexibility index (Phi) is 6.53. The lowest BCUT2D eigenvalue weighted by Gasteiger charge is -2.34. The molecule has 5 nitrogen and oxygen atoms in total. The van der Waals surface area contributed by atoms with E-state index in [0.717, 1.165) is 38.5 Å². The Bertz CT molecular complexity index is 642. The first-order valence-corrected chi connectivity index (χ1v) is 10.3. The minimum atomic E-state index is -0.551. The van der Waals surface area contributed by atoms with Crippen molar-refractivity contribution in [2.45, 2.75) is 75.9 Å². The molecule has 3 rings (SSSR count). The lowest BCUT2D eigenvalue weighted by Crippen LogP contribution is -2.43. The summed E-state index contributed by atoms with van der Waals surface area (Å²) >= 11 is 0. The van der Waals surface area contributed by atoms with Gasteiger partial charge in [-0.3, -0.25) is 9.59 Å². The van der Waals surface area contributed by atoms with Crippen LogP contribution in [0.1, 0.15) is 63.9 Å². The molecule has 2 saturated carbocycles. The standard InChI is InChI=1S/C22H32N2O3/c1-16(25)24-19-11-13-22(14-12-20(19)26,18-9-3-2-4-10-18)15-23-21(27)17-7-5-6-8-17/h2-4,9-10,17,19-20,26H,5-8,11-15H2,1H3,(H,23,27)(H,24,25)/t19-,20-,22-/m0/s1. The average molecular weight is 373 g/mol. The fraction of sp³-hybridized carbons (Fsp3) is 0.636. The second kappa shape index (κ2) is 8.87. The number of hydrogen-bond donors (Lipinski definition) is 3. The van der Waals surface area contributed by atoms with Gasteiger partial charge in [0.25, 0.3) is 0 Å². The van der Waals surface area contributed by atoms with Crippen LogP contribution in [-0.2, 0) is 15.0 Å². The fourth-order valence-corrected chi connectivity index (χ4v) is 4.75. The lowest BCUT2D eigenvalue weighted by atomic mass is 9.74. The zero-order valence-corrected chi connectivity index (χ0v) is 16.2. The first-order chi connectivity index (χ1) is 13.0. The van der Waals surface area contributed by atoms with Gasteiger partial charge in [-0.2, -0.15) is 0 Å². The predicted octanol–water partition coefficient (Wildman–Crippen LogP) is 2.67. The molecule has 0 unspecified atom stereocenters. The minimum Gasteiger partial charge on any atom is -0.391 e. The topological polar surface area (TPSA) is 78.4 Å². The van der Waals surface area contributed by atoms with Crippen LogP contribution in [0.25, 0.3) is 0 Å². The zero-order chi connectivity index (χ0) is 19.3. The summed E-state index contributed by atoms with van der Waals surface area (Å²) in [4.78, 5) is 24.1. The van der Waals surface area contributed by atoms with Crippen LogP contribution in [-0.4, -0.2) is 35.6 Å². The van der Waals surface area contributed by atoms with E-state index in [0.29, 0.717) is 19.4 Å². The molecule has 27 heavy (non-hydrogen) atoms. The van der Waals surface area contributed by atoms with Crippen molar-refractivity contribution in [1.82, 2.24) is 10.6 Å². The molecule has 2 aliphatic carbocycles. The lowest BCUT2D eigenvalue weighted by molar-refractivity contribution is -0.125. The number of rotatable bonds is 5. The molecule has 2 fully saturated rings. The molecule has 0 aromatic heterocycles. The Hall–Kier alpha value is -1.88. The van der Waals surface area contributed by atoms with E-state index in [-0.39, 0.29) is 29.2 Å². The summed E-state index contributed by atoms with van der Waals surface area (Å²) in [6.45, 7) is 2.08. The van der Waals surface area contributed by atoms with Crippen LogP contribution in [0.3, 0.4) is 0 Å². The summed E-state index contributed by atoms with van der Waals surface area (Å²) in [5.41, 5.74) is 0.997. The van der Waals surface area contributed by atoms with Crippen molar-refractivity contribution in [2.24, 2.45) is 5.92 Å². The number of aliphatic hydroxyl groups is 1. The van der Waals surface area contributed by atoms with Crippen LogP contribution < -0.4 is 10.6 Å².